The van der Waals surface area contributed by atoms with E-state index in [2.05, 4.69) is 110 Å². The van der Waals surface area contributed by atoms with Crippen LogP contribution in [0.4, 0.5) is 0 Å². The summed E-state index contributed by atoms with van der Waals surface area (Å²) in [4.78, 5) is 8.74. The number of nitrogens with zero attached hydrogens (tertiary/aromatic N) is 2. The zero-order chi connectivity index (χ0) is 27.2. The van der Waals surface area contributed by atoms with Gasteiger partial charge in [-0.2, -0.15) is 0 Å². The highest BCUT2D eigenvalue weighted by molar-refractivity contribution is 6.12. The zero-order valence-electron chi connectivity index (χ0n) is 23.3. The van der Waals surface area contributed by atoms with Gasteiger partial charge in [-0.25, -0.2) is 0 Å². The van der Waals surface area contributed by atoms with Gasteiger partial charge in [-0.15, -0.1) is 0 Å². The topological polar surface area (TPSA) is 25.8 Å². The van der Waals surface area contributed by atoms with Crippen molar-refractivity contribution < 1.29 is 0 Å². The summed E-state index contributed by atoms with van der Waals surface area (Å²) in [6, 6.07) is 31.7. The summed E-state index contributed by atoms with van der Waals surface area (Å²) in [7, 11) is 0. The standard InChI is InChI=1S/C38H30N2/c1-37(2)31-11-5-10-29-35-28-15-13-24(26-9-7-17-40-22-26)19-33(28)38(3,4)34(35)20-30(36(29)31)27-14-12-23(18-32(27)37)25-8-6-16-39-21-25/h5-22H,1-4H3. The normalized spacial score (nSPS) is 15.4. The summed E-state index contributed by atoms with van der Waals surface area (Å²) in [6.07, 6.45) is 7.59. The van der Waals surface area contributed by atoms with Gasteiger partial charge in [0.05, 0.1) is 0 Å². The van der Waals surface area contributed by atoms with Crippen molar-refractivity contribution in [2.75, 3.05) is 0 Å². The Kier molecular flexibility index (Phi) is 4.66. The summed E-state index contributed by atoms with van der Waals surface area (Å²) in [6.45, 7) is 9.52. The van der Waals surface area contributed by atoms with E-state index in [1.807, 2.05) is 36.9 Å². The summed E-state index contributed by atoms with van der Waals surface area (Å²) >= 11 is 0. The molecule has 2 heterocycles. The molecule has 2 aliphatic rings. The van der Waals surface area contributed by atoms with Gasteiger partial charge in [0, 0.05) is 35.6 Å². The SMILES string of the molecule is CC1(C)c2cc(-c3cccnc3)ccc2-c2c1cc1c3c(cccc23)C(C)(C)c2cc(-c3cccnc3)ccc2-1. The molecule has 2 nitrogen and oxygen atoms in total. The molecule has 0 N–H and O–H groups in total. The smallest absolute Gasteiger partial charge is 0.0346 e. The van der Waals surface area contributed by atoms with Gasteiger partial charge < -0.3 is 0 Å². The average molecular weight is 515 g/mol. The number of rotatable bonds is 2. The average Bonchev–Trinajstić information content (AvgIpc) is 3.22. The van der Waals surface area contributed by atoms with Gasteiger partial charge in [0.25, 0.3) is 0 Å². The van der Waals surface area contributed by atoms with E-state index >= 15 is 0 Å². The predicted octanol–water partition coefficient (Wildman–Crippen LogP) is 9.58. The van der Waals surface area contributed by atoms with E-state index < -0.39 is 0 Å². The lowest BCUT2D eigenvalue weighted by atomic mass is 9.67. The van der Waals surface area contributed by atoms with Crippen molar-refractivity contribution in [3.63, 3.8) is 0 Å². The number of benzene rings is 4. The van der Waals surface area contributed by atoms with Crippen LogP contribution in [0.3, 0.4) is 0 Å². The van der Waals surface area contributed by atoms with Crippen LogP contribution in [-0.4, -0.2) is 9.97 Å². The van der Waals surface area contributed by atoms with Crippen molar-refractivity contribution in [2.45, 2.75) is 38.5 Å². The molecule has 0 unspecified atom stereocenters. The summed E-state index contributed by atoms with van der Waals surface area (Å²) in [5.74, 6) is 0. The molecule has 0 saturated carbocycles. The maximum atomic E-state index is 4.37. The zero-order valence-corrected chi connectivity index (χ0v) is 23.3. The largest absolute Gasteiger partial charge is 0.264 e. The van der Waals surface area contributed by atoms with Crippen LogP contribution in [0.1, 0.15) is 49.9 Å². The molecular weight excluding hydrogens is 484 g/mol. The lowest BCUT2D eigenvalue weighted by molar-refractivity contribution is 0.644. The summed E-state index contributed by atoms with van der Waals surface area (Å²) < 4.78 is 0. The van der Waals surface area contributed by atoms with E-state index in [0.717, 1.165) is 11.1 Å². The second kappa shape index (κ2) is 7.99. The molecule has 0 aliphatic heterocycles. The summed E-state index contributed by atoms with van der Waals surface area (Å²) in [5, 5.41) is 2.76. The number of aromatic nitrogens is 2. The first-order chi connectivity index (χ1) is 19.4. The third-order valence-electron chi connectivity index (χ3n) is 9.44. The Morgan fingerprint density at radius 2 is 1.07 bits per heavy atom. The lowest BCUT2D eigenvalue weighted by Crippen LogP contribution is -2.24. The number of hydrogen-bond donors (Lipinski definition) is 0. The molecule has 2 aliphatic carbocycles. The van der Waals surface area contributed by atoms with Gasteiger partial charge in [-0.05, 0) is 108 Å². The van der Waals surface area contributed by atoms with Crippen LogP contribution >= 0.6 is 0 Å². The van der Waals surface area contributed by atoms with E-state index in [1.165, 1.54) is 66.4 Å². The minimum atomic E-state index is -0.130. The Balaban J connectivity index is 1.40. The van der Waals surface area contributed by atoms with Gasteiger partial charge in [0.1, 0.15) is 0 Å². The minimum absolute atomic E-state index is 0.119. The lowest BCUT2D eigenvalue weighted by Gasteiger charge is -2.36. The van der Waals surface area contributed by atoms with Crippen molar-refractivity contribution in [2.24, 2.45) is 0 Å². The van der Waals surface area contributed by atoms with E-state index in [1.54, 1.807) is 0 Å². The molecular formula is C38H30N2. The Bertz CT molecular complexity index is 1980. The van der Waals surface area contributed by atoms with Crippen LogP contribution in [0, 0.1) is 0 Å². The predicted molar refractivity (Wildman–Crippen MR) is 166 cm³/mol. The van der Waals surface area contributed by atoms with Crippen molar-refractivity contribution in [1.29, 1.82) is 0 Å². The molecule has 2 heteroatoms. The molecule has 192 valence electrons. The molecule has 0 bridgehead atoms. The maximum absolute atomic E-state index is 4.37. The Morgan fingerprint density at radius 3 is 1.70 bits per heavy atom. The van der Waals surface area contributed by atoms with Crippen LogP contribution in [0.15, 0.2) is 110 Å². The molecule has 0 spiro atoms. The number of pyridine rings is 2. The fourth-order valence-corrected chi connectivity index (χ4v) is 7.29. The van der Waals surface area contributed by atoms with E-state index in [0.29, 0.717) is 0 Å². The second-order valence-electron chi connectivity index (χ2n) is 12.3. The van der Waals surface area contributed by atoms with E-state index in [9.17, 15) is 0 Å². The van der Waals surface area contributed by atoms with Crippen LogP contribution < -0.4 is 0 Å². The van der Waals surface area contributed by atoms with E-state index in [4.69, 9.17) is 0 Å². The maximum Gasteiger partial charge on any atom is 0.0346 e. The monoisotopic (exact) mass is 514 g/mol. The van der Waals surface area contributed by atoms with Crippen LogP contribution in [0.25, 0.3) is 55.3 Å². The summed E-state index contributed by atoms with van der Waals surface area (Å²) in [5.41, 5.74) is 15.5. The molecule has 0 radical (unpaired) electrons. The Labute approximate surface area is 235 Å². The van der Waals surface area contributed by atoms with Gasteiger partial charge in [0.15, 0.2) is 0 Å². The third-order valence-corrected chi connectivity index (χ3v) is 9.44. The first kappa shape index (κ1) is 23.3. The Morgan fingerprint density at radius 1 is 0.475 bits per heavy atom. The van der Waals surface area contributed by atoms with E-state index in [-0.39, 0.29) is 10.8 Å². The van der Waals surface area contributed by atoms with Crippen molar-refractivity contribution in [1.82, 2.24) is 9.97 Å². The van der Waals surface area contributed by atoms with Crippen molar-refractivity contribution in [3.05, 3.63) is 132 Å². The number of hydrogen-bond acceptors (Lipinski definition) is 2. The van der Waals surface area contributed by atoms with Gasteiger partial charge in [-0.3, -0.25) is 9.97 Å². The molecule has 6 aromatic rings. The van der Waals surface area contributed by atoms with Gasteiger partial charge >= 0.3 is 0 Å². The molecule has 4 aromatic carbocycles. The van der Waals surface area contributed by atoms with Crippen molar-refractivity contribution >= 4 is 10.8 Å². The van der Waals surface area contributed by atoms with Crippen LogP contribution in [0.2, 0.25) is 0 Å². The fourth-order valence-electron chi connectivity index (χ4n) is 7.29. The molecule has 40 heavy (non-hydrogen) atoms. The first-order valence-corrected chi connectivity index (χ1v) is 14.1. The molecule has 8 rings (SSSR count). The number of fused-ring (bicyclic) bond motifs is 6. The fraction of sp³-hybridized carbons (Fsp3) is 0.158. The van der Waals surface area contributed by atoms with Crippen LogP contribution in [0.5, 0.6) is 0 Å². The van der Waals surface area contributed by atoms with Crippen molar-refractivity contribution in [3.8, 4) is 44.5 Å². The van der Waals surface area contributed by atoms with Gasteiger partial charge in [0.2, 0.25) is 0 Å². The highest BCUT2D eigenvalue weighted by atomic mass is 14.6. The minimum Gasteiger partial charge on any atom is -0.264 e. The Hall–Kier alpha value is -4.56. The first-order valence-electron chi connectivity index (χ1n) is 14.1. The highest BCUT2D eigenvalue weighted by Gasteiger charge is 2.41. The second-order valence-corrected chi connectivity index (χ2v) is 12.3. The molecule has 0 fully saturated rings. The molecule has 0 amide bonds. The third kappa shape index (κ3) is 3.05. The highest BCUT2D eigenvalue weighted by Crippen LogP contribution is 2.57. The van der Waals surface area contributed by atoms with Crippen LogP contribution in [-0.2, 0) is 10.8 Å². The quantitative estimate of drug-likeness (QED) is 0.230. The van der Waals surface area contributed by atoms with Gasteiger partial charge in [-0.1, -0.05) is 82.3 Å². The molecule has 0 saturated heterocycles. The molecule has 2 aromatic heterocycles. The molecule has 0 atom stereocenters.